The highest BCUT2D eigenvalue weighted by Crippen LogP contribution is 2.34. The number of amides is 1. The van der Waals surface area contributed by atoms with Crippen LogP contribution in [0.5, 0.6) is 5.75 Å². The number of phenolic OH excluding ortho intramolecular Hbond substituents is 1. The Morgan fingerprint density at radius 2 is 1.77 bits per heavy atom. The molecule has 2 aromatic heterocycles. The summed E-state index contributed by atoms with van der Waals surface area (Å²) in [7, 11) is 0. The topological polar surface area (TPSA) is 101 Å². The zero-order valence-corrected chi connectivity index (χ0v) is 23.7. The average molecular weight is 593 g/mol. The van der Waals surface area contributed by atoms with Gasteiger partial charge in [-0.05, 0) is 84.4 Å². The molecule has 5 aromatic rings. The zero-order valence-electron chi connectivity index (χ0n) is 21.4. The van der Waals surface area contributed by atoms with Crippen LogP contribution in [0.25, 0.3) is 40.0 Å². The monoisotopic (exact) mass is 591 g/mol. The van der Waals surface area contributed by atoms with Gasteiger partial charge < -0.3 is 19.3 Å². The van der Waals surface area contributed by atoms with E-state index in [2.05, 4.69) is 29.5 Å². The molecule has 0 atom stereocenters. The van der Waals surface area contributed by atoms with Gasteiger partial charge in [-0.25, -0.2) is 4.98 Å². The van der Waals surface area contributed by atoms with Gasteiger partial charge in [0.15, 0.2) is 10.7 Å². The van der Waals surface area contributed by atoms with Crippen LogP contribution in [0.4, 0.5) is 5.69 Å². The number of halogens is 2. The van der Waals surface area contributed by atoms with Crippen LogP contribution >= 0.6 is 35.4 Å². The van der Waals surface area contributed by atoms with E-state index >= 15 is 0 Å². The molecule has 0 radical (unpaired) electrons. The number of anilines is 1. The standard InChI is InChI=1S/C30H23Cl2N3O4S/c1-16(2)17-3-8-27-24(13-17)34-29(39-27)23-7-4-21(15-25(23)36)33-30(40)35-28(37)10-6-22-5-9-26(38-22)18-11-19(31)14-20(32)12-18/h3-16,36H,1-2H3,(H2,33,35,37,40)/b10-6+. The summed E-state index contributed by atoms with van der Waals surface area (Å²) in [6.07, 6.45) is 2.80. The third kappa shape index (κ3) is 6.37. The van der Waals surface area contributed by atoms with Gasteiger partial charge in [0.1, 0.15) is 22.8 Å². The molecule has 0 spiro atoms. The predicted octanol–water partition coefficient (Wildman–Crippen LogP) is 8.42. The van der Waals surface area contributed by atoms with Crippen LogP contribution in [0, 0.1) is 0 Å². The number of rotatable bonds is 6. The summed E-state index contributed by atoms with van der Waals surface area (Å²) >= 11 is 17.4. The number of nitrogens with zero attached hydrogens (tertiary/aromatic N) is 1. The number of oxazole rings is 1. The Hall–Kier alpha value is -4.11. The maximum Gasteiger partial charge on any atom is 0.250 e. The second kappa shape index (κ2) is 11.6. The van der Waals surface area contributed by atoms with Crippen LogP contribution in [-0.2, 0) is 4.79 Å². The minimum absolute atomic E-state index is 0.0516. The minimum Gasteiger partial charge on any atom is -0.507 e. The summed E-state index contributed by atoms with van der Waals surface area (Å²) in [5.74, 6) is 1.17. The Kier molecular flexibility index (Phi) is 7.93. The lowest BCUT2D eigenvalue weighted by atomic mass is 10.0. The van der Waals surface area contributed by atoms with Gasteiger partial charge in [-0.2, -0.15) is 0 Å². The maximum atomic E-state index is 12.4. The van der Waals surface area contributed by atoms with Crippen LogP contribution in [0.3, 0.4) is 0 Å². The van der Waals surface area contributed by atoms with E-state index in [4.69, 9.17) is 44.3 Å². The van der Waals surface area contributed by atoms with Gasteiger partial charge in [0.2, 0.25) is 11.8 Å². The third-order valence-corrected chi connectivity index (χ3v) is 6.61. The second-order valence-electron chi connectivity index (χ2n) is 9.27. The van der Waals surface area contributed by atoms with Gasteiger partial charge in [-0.15, -0.1) is 0 Å². The van der Waals surface area contributed by atoms with Crippen molar-refractivity contribution in [2.75, 3.05) is 5.32 Å². The molecule has 5 rings (SSSR count). The van der Waals surface area contributed by atoms with Crippen LogP contribution in [0.15, 0.2) is 81.6 Å². The van der Waals surface area contributed by atoms with Gasteiger partial charge in [-0.3, -0.25) is 10.1 Å². The highest BCUT2D eigenvalue weighted by molar-refractivity contribution is 7.80. The number of benzene rings is 3. The first-order valence-electron chi connectivity index (χ1n) is 12.2. The quantitative estimate of drug-likeness (QED) is 0.134. The molecule has 40 heavy (non-hydrogen) atoms. The number of hydrogen-bond acceptors (Lipinski definition) is 6. The molecule has 0 aliphatic rings. The fourth-order valence-corrected chi connectivity index (χ4v) is 4.72. The van der Waals surface area contributed by atoms with Crippen molar-refractivity contribution in [1.29, 1.82) is 0 Å². The fourth-order valence-electron chi connectivity index (χ4n) is 3.98. The summed E-state index contributed by atoms with van der Waals surface area (Å²) in [6, 6.07) is 19.3. The molecular formula is C30H23Cl2N3O4S. The molecule has 0 fully saturated rings. The Morgan fingerprint density at radius 1 is 1.00 bits per heavy atom. The lowest BCUT2D eigenvalue weighted by Gasteiger charge is -2.09. The molecule has 10 heteroatoms. The number of fused-ring (bicyclic) bond motifs is 1. The van der Waals surface area contributed by atoms with Gasteiger partial charge in [-0.1, -0.05) is 43.1 Å². The van der Waals surface area contributed by atoms with E-state index in [0.717, 1.165) is 16.6 Å². The predicted molar refractivity (Wildman–Crippen MR) is 163 cm³/mol. The Morgan fingerprint density at radius 3 is 2.50 bits per heavy atom. The molecule has 202 valence electrons. The molecule has 2 heterocycles. The molecule has 0 saturated carbocycles. The molecule has 0 unspecified atom stereocenters. The zero-order chi connectivity index (χ0) is 28.4. The minimum atomic E-state index is -0.464. The lowest BCUT2D eigenvalue weighted by Crippen LogP contribution is -2.32. The number of carbonyl (C=O) groups is 1. The number of carbonyl (C=O) groups excluding carboxylic acids is 1. The van der Waals surface area contributed by atoms with Crippen LogP contribution in [0.1, 0.15) is 31.1 Å². The van der Waals surface area contributed by atoms with E-state index in [-0.39, 0.29) is 10.9 Å². The first-order chi connectivity index (χ1) is 19.1. The normalized spacial score (nSPS) is 11.4. The molecular weight excluding hydrogens is 569 g/mol. The van der Waals surface area contributed by atoms with E-state index in [1.807, 2.05) is 18.2 Å². The van der Waals surface area contributed by atoms with E-state index < -0.39 is 5.91 Å². The van der Waals surface area contributed by atoms with Gasteiger partial charge in [0.05, 0.1) is 5.56 Å². The Balaban J connectivity index is 1.20. The van der Waals surface area contributed by atoms with Crippen molar-refractivity contribution < 1.29 is 18.7 Å². The van der Waals surface area contributed by atoms with E-state index in [0.29, 0.717) is 50.2 Å². The molecule has 0 bridgehead atoms. The van der Waals surface area contributed by atoms with Crippen LogP contribution in [-0.4, -0.2) is 21.1 Å². The van der Waals surface area contributed by atoms with E-state index in [1.165, 1.54) is 18.2 Å². The van der Waals surface area contributed by atoms with Crippen molar-refractivity contribution in [1.82, 2.24) is 10.3 Å². The largest absolute Gasteiger partial charge is 0.507 e. The van der Waals surface area contributed by atoms with Gasteiger partial charge in [0, 0.05) is 33.4 Å². The number of thiocarbonyl (C=S) groups is 1. The molecule has 3 N–H and O–H groups in total. The third-order valence-electron chi connectivity index (χ3n) is 5.97. The number of nitrogens with one attached hydrogen (secondary N) is 2. The number of furan rings is 1. The molecule has 1 amide bonds. The molecule has 0 saturated heterocycles. The van der Waals surface area contributed by atoms with Crippen molar-refractivity contribution in [3.05, 3.63) is 94.2 Å². The molecule has 7 nitrogen and oxygen atoms in total. The SMILES string of the molecule is CC(C)c1ccc2oc(-c3ccc(NC(=S)NC(=O)/C=C/c4ccc(-c5cc(Cl)cc(Cl)c5)o4)cc3O)nc2c1. The second-order valence-corrected chi connectivity index (χ2v) is 10.6. The number of hydrogen-bond donors (Lipinski definition) is 3. The fraction of sp³-hybridized carbons (Fsp3) is 0.100. The highest BCUT2D eigenvalue weighted by Gasteiger charge is 2.14. The van der Waals surface area contributed by atoms with Crippen molar-refractivity contribution in [3.63, 3.8) is 0 Å². The molecule has 3 aromatic carbocycles. The average Bonchev–Trinajstić information content (AvgIpc) is 3.53. The maximum absolute atomic E-state index is 12.4. The van der Waals surface area contributed by atoms with Crippen molar-refractivity contribution >= 4 is 69.3 Å². The summed E-state index contributed by atoms with van der Waals surface area (Å²) in [4.78, 5) is 16.9. The summed E-state index contributed by atoms with van der Waals surface area (Å²) in [5.41, 5.74) is 4.14. The summed E-state index contributed by atoms with van der Waals surface area (Å²) < 4.78 is 11.6. The molecule has 0 aliphatic heterocycles. The number of aromatic hydroxyl groups is 1. The first kappa shape index (κ1) is 27.5. The lowest BCUT2D eigenvalue weighted by molar-refractivity contribution is -0.115. The van der Waals surface area contributed by atoms with Crippen molar-refractivity contribution in [3.8, 4) is 28.5 Å². The molecule has 0 aliphatic carbocycles. The van der Waals surface area contributed by atoms with Gasteiger partial charge >= 0.3 is 0 Å². The Bertz CT molecular complexity index is 1750. The first-order valence-corrected chi connectivity index (χ1v) is 13.4. The van der Waals surface area contributed by atoms with Crippen molar-refractivity contribution in [2.24, 2.45) is 0 Å². The van der Waals surface area contributed by atoms with E-state index in [1.54, 1.807) is 42.5 Å². The van der Waals surface area contributed by atoms with Crippen molar-refractivity contribution in [2.45, 2.75) is 19.8 Å². The number of phenols is 1. The van der Waals surface area contributed by atoms with Crippen LogP contribution < -0.4 is 10.6 Å². The summed E-state index contributed by atoms with van der Waals surface area (Å²) in [5, 5.41) is 17.1. The highest BCUT2D eigenvalue weighted by atomic mass is 35.5. The Labute approximate surface area is 245 Å². The van der Waals surface area contributed by atoms with Gasteiger partial charge in [0.25, 0.3) is 0 Å². The summed E-state index contributed by atoms with van der Waals surface area (Å²) in [6.45, 7) is 4.22. The smallest absolute Gasteiger partial charge is 0.250 e. The van der Waals surface area contributed by atoms with E-state index in [9.17, 15) is 9.90 Å². The van der Waals surface area contributed by atoms with Crippen LogP contribution in [0.2, 0.25) is 10.0 Å². The number of aromatic nitrogens is 1.